The topological polar surface area (TPSA) is 56.7 Å². The fraction of sp³-hybridized carbons (Fsp3) is 0.133. The highest BCUT2D eigenvalue weighted by atomic mass is 16.5. The fourth-order valence-electron chi connectivity index (χ4n) is 2.43. The third-order valence-corrected chi connectivity index (χ3v) is 3.17. The van der Waals surface area contributed by atoms with E-state index in [1.165, 1.54) is 0 Å². The zero-order chi connectivity index (χ0) is 13.4. The van der Waals surface area contributed by atoms with Gasteiger partial charge in [-0.2, -0.15) is 0 Å². The fourth-order valence-corrected chi connectivity index (χ4v) is 2.43. The molecule has 2 heterocycles. The summed E-state index contributed by atoms with van der Waals surface area (Å²) in [6.07, 6.45) is 1.92. The number of fused-ring (bicyclic) bond motifs is 3. The van der Waals surface area contributed by atoms with Crippen LogP contribution in [0, 0.1) is 0 Å². The van der Waals surface area contributed by atoms with Crippen LogP contribution in [0.15, 0.2) is 42.6 Å². The Kier molecular flexibility index (Phi) is 2.63. The molecule has 0 aliphatic rings. The number of carbonyl (C=O) groups excluding carboxylic acids is 1. The molecule has 0 aliphatic heterocycles. The number of aromatic nitrogens is 1. The second-order valence-electron chi connectivity index (χ2n) is 4.31. The van der Waals surface area contributed by atoms with E-state index < -0.39 is 5.91 Å². The molecule has 0 unspecified atom stereocenters. The average molecular weight is 254 g/mol. The molecule has 0 saturated carbocycles. The number of nitrogens with two attached hydrogens (primary N) is 1. The summed E-state index contributed by atoms with van der Waals surface area (Å²) in [5.41, 5.74) is 7.80. The molecule has 2 N–H and O–H groups in total. The van der Waals surface area contributed by atoms with Crippen molar-refractivity contribution >= 4 is 22.3 Å². The molecule has 3 aromatic rings. The van der Waals surface area contributed by atoms with Crippen LogP contribution in [-0.2, 0) is 0 Å². The first kappa shape index (κ1) is 11.6. The first-order chi connectivity index (χ1) is 9.22. The quantitative estimate of drug-likeness (QED) is 0.781. The summed E-state index contributed by atoms with van der Waals surface area (Å²) >= 11 is 0. The molecule has 4 nitrogen and oxygen atoms in total. The lowest BCUT2D eigenvalue weighted by Gasteiger charge is -2.03. The molecule has 3 rings (SSSR count). The molecule has 0 aliphatic carbocycles. The molecule has 1 amide bonds. The van der Waals surface area contributed by atoms with Crippen LogP contribution in [0.5, 0.6) is 5.75 Å². The Bertz CT molecular complexity index is 774. The number of hydrogen-bond acceptors (Lipinski definition) is 2. The highest BCUT2D eigenvalue weighted by molar-refractivity contribution is 6.13. The van der Waals surface area contributed by atoms with Crippen LogP contribution in [0.1, 0.15) is 17.3 Å². The summed E-state index contributed by atoms with van der Waals surface area (Å²) in [5.74, 6) is 0.372. The summed E-state index contributed by atoms with van der Waals surface area (Å²) in [4.78, 5) is 11.7. The Balaban J connectivity index is 2.42. The second kappa shape index (κ2) is 4.31. The maximum atomic E-state index is 11.7. The predicted molar refractivity (Wildman–Crippen MR) is 74.6 cm³/mol. The lowest BCUT2D eigenvalue weighted by atomic mass is 10.1. The maximum absolute atomic E-state index is 11.7. The molecule has 0 radical (unpaired) electrons. The van der Waals surface area contributed by atoms with E-state index in [9.17, 15) is 4.79 Å². The average Bonchev–Trinajstić information content (AvgIpc) is 2.73. The number of carbonyl (C=O) groups is 1. The zero-order valence-corrected chi connectivity index (χ0v) is 10.6. The van der Waals surface area contributed by atoms with Crippen LogP contribution >= 0.6 is 0 Å². The van der Waals surface area contributed by atoms with Gasteiger partial charge in [0, 0.05) is 17.6 Å². The Labute approximate surface area is 110 Å². The maximum Gasteiger partial charge on any atom is 0.251 e. The van der Waals surface area contributed by atoms with E-state index >= 15 is 0 Å². The van der Waals surface area contributed by atoms with Crippen molar-refractivity contribution in [3.63, 3.8) is 0 Å². The van der Waals surface area contributed by atoms with Crippen molar-refractivity contribution in [2.75, 3.05) is 6.61 Å². The van der Waals surface area contributed by atoms with E-state index in [0.29, 0.717) is 12.2 Å². The minimum atomic E-state index is -0.414. The lowest BCUT2D eigenvalue weighted by molar-refractivity contribution is 0.100. The molecule has 0 saturated heterocycles. The van der Waals surface area contributed by atoms with Crippen molar-refractivity contribution < 1.29 is 9.53 Å². The minimum Gasteiger partial charge on any atom is -0.494 e. The van der Waals surface area contributed by atoms with Crippen LogP contribution in [-0.4, -0.2) is 16.9 Å². The van der Waals surface area contributed by atoms with Gasteiger partial charge in [-0.3, -0.25) is 4.79 Å². The van der Waals surface area contributed by atoms with Gasteiger partial charge in [-0.15, -0.1) is 0 Å². The highest BCUT2D eigenvalue weighted by Crippen LogP contribution is 2.29. The number of rotatable bonds is 3. The summed E-state index contributed by atoms with van der Waals surface area (Å²) < 4.78 is 7.46. The summed E-state index contributed by atoms with van der Waals surface area (Å²) in [6, 6.07) is 11.4. The van der Waals surface area contributed by atoms with Crippen molar-refractivity contribution in [3.8, 4) is 5.75 Å². The number of primary amides is 1. The smallest absolute Gasteiger partial charge is 0.251 e. The SMILES string of the molecule is CCOc1ccc2c(C(N)=O)c3ccccn3c2c1. The van der Waals surface area contributed by atoms with Gasteiger partial charge in [0.2, 0.25) is 0 Å². The van der Waals surface area contributed by atoms with Gasteiger partial charge in [-0.25, -0.2) is 0 Å². The Morgan fingerprint density at radius 2 is 2.11 bits per heavy atom. The number of pyridine rings is 1. The van der Waals surface area contributed by atoms with Gasteiger partial charge in [0.05, 0.1) is 23.2 Å². The standard InChI is InChI=1S/C15H14N2O2/c1-2-19-10-6-7-11-13(9-10)17-8-4-3-5-12(17)14(11)15(16)18/h3-9H,2H2,1H3,(H2,16,18). The zero-order valence-electron chi connectivity index (χ0n) is 10.6. The molecular formula is C15H14N2O2. The molecule has 0 spiro atoms. The molecular weight excluding hydrogens is 240 g/mol. The van der Waals surface area contributed by atoms with Crippen LogP contribution in [0.4, 0.5) is 0 Å². The van der Waals surface area contributed by atoms with E-state index in [0.717, 1.165) is 22.2 Å². The number of nitrogens with zero attached hydrogens (tertiary/aromatic N) is 1. The third kappa shape index (κ3) is 1.73. The first-order valence-corrected chi connectivity index (χ1v) is 6.17. The number of benzene rings is 1. The molecule has 19 heavy (non-hydrogen) atoms. The van der Waals surface area contributed by atoms with Gasteiger partial charge < -0.3 is 14.9 Å². The molecule has 0 atom stereocenters. The van der Waals surface area contributed by atoms with E-state index in [1.807, 2.05) is 53.9 Å². The van der Waals surface area contributed by atoms with Crippen LogP contribution in [0.25, 0.3) is 16.4 Å². The van der Waals surface area contributed by atoms with E-state index in [2.05, 4.69) is 0 Å². The lowest BCUT2D eigenvalue weighted by Crippen LogP contribution is -2.10. The highest BCUT2D eigenvalue weighted by Gasteiger charge is 2.15. The van der Waals surface area contributed by atoms with Gasteiger partial charge in [0.1, 0.15) is 5.75 Å². The van der Waals surface area contributed by atoms with Crippen LogP contribution in [0.2, 0.25) is 0 Å². The summed E-state index contributed by atoms with van der Waals surface area (Å²) in [7, 11) is 0. The predicted octanol–water partition coefficient (Wildman–Crippen LogP) is 2.59. The second-order valence-corrected chi connectivity index (χ2v) is 4.31. The van der Waals surface area contributed by atoms with Crippen molar-refractivity contribution in [1.29, 1.82) is 0 Å². The molecule has 2 aromatic heterocycles. The van der Waals surface area contributed by atoms with Gasteiger partial charge in [-0.1, -0.05) is 6.07 Å². The summed E-state index contributed by atoms with van der Waals surface area (Å²) in [6.45, 7) is 2.55. The largest absolute Gasteiger partial charge is 0.494 e. The molecule has 0 fully saturated rings. The summed E-state index contributed by atoms with van der Waals surface area (Å²) in [5, 5.41) is 0.849. The van der Waals surface area contributed by atoms with Gasteiger partial charge >= 0.3 is 0 Å². The molecule has 1 aromatic carbocycles. The first-order valence-electron chi connectivity index (χ1n) is 6.17. The molecule has 4 heteroatoms. The van der Waals surface area contributed by atoms with Gasteiger partial charge in [0.15, 0.2) is 0 Å². The van der Waals surface area contributed by atoms with E-state index in [1.54, 1.807) is 0 Å². The molecule has 0 bridgehead atoms. The number of ether oxygens (including phenoxy) is 1. The third-order valence-electron chi connectivity index (χ3n) is 3.17. The monoisotopic (exact) mass is 254 g/mol. The van der Waals surface area contributed by atoms with Crippen LogP contribution < -0.4 is 10.5 Å². The van der Waals surface area contributed by atoms with Crippen molar-refractivity contribution in [1.82, 2.24) is 4.40 Å². The minimum absolute atomic E-state index is 0.414. The van der Waals surface area contributed by atoms with Crippen molar-refractivity contribution in [3.05, 3.63) is 48.2 Å². The van der Waals surface area contributed by atoms with Gasteiger partial charge in [0.25, 0.3) is 5.91 Å². The van der Waals surface area contributed by atoms with E-state index in [4.69, 9.17) is 10.5 Å². The molecule has 96 valence electrons. The number of hydrogen-bond donors (Lipinski definition) is 1. The van der Waals surface area contributed by atoms with Crippen molar-refractivity contribution in [2.45, 2.75) is 6.92 Å². The van der Waals surface area contributed by atoms with Crippen molar-refractivity contribution in [2.24, 2.45) is 5.73 Å². The Morgan fingerprint density at radius 1 is 1.26 bits per heavy atom. The van der Waals surface area contributed by atoms with Crippen LogP contribution in [0.3, 0.4) is 0 Å². The van der Waals surface area contributed by atoms with Gasteiger partial charge in [-0.05, 0) is 31.2 Å². The Hall–Kier alpha value is -2.49. The normalized spacial score (nSPS) is 11.0. The number of amides is 1. The van der Waals surface area contributed by atoms with E-state index in [-0.39, 0.29) is 0 Å². The Morgan fingerprint density at radius 3 is 2.84 bits per heavy atom.